The minimum atomic E-state index is -0.358. The average Bonchev–Trinajstić information content (AvgIpc) is 2.92. The summed E-state index contributed by atoms with van der Waals surface area (Å²) in [5.74, 6) is 0.646. The Hall–Kier alpha value is -1.79. The van der Waals surface area contributed by atoms with Crippen LogP contribution >= 0.6 is 0 Å². The SMILES string of the molecule is CC1(C)OB(c2ccc(-c3cnc(N)o3)cc2)OC1(C)C. The summed E-state index contributed by atoms with van der Waals surface area (Å²) in [6.45, 7) is 8.16. The highest BCUT2D eigenvalue weighted by Crippen LogP contribution is 2.36. The van der Waals surface area contributed by atoms with Crippen molar-refractivity contribution < 1.29 is 13.7 Å². The van der Waals surface area contributed by atoms with Crippen LogP contribution in [0.4, 0.5) is 6.01 Å². The number of nitrogens with two attached hydrogens (primary N) is 1. The number of nitrogen functional groups attached to an aromatic ring is 1. The van der Waals surface area contributed by atoms with Gasteiger partial charge in [0.15, 0.2) is 5.76 Å². The number of rotatable bonds is 2. The maximum Gasteiger partial charge on any atom is 0.494 e. The smallest absolute Gasteiger partial charge is 0.424 e. The van der Waals surface area contributed by atoms with E-state index in [9.17, 15) is 0 Å². The third kappa shape index (κ3) is 2.45. The van der Waals surface area contributed by atoms with Crippen LogP contribution in [-0.4, -0.2) is 23.3 Å². The van der Waals surface area contributed by atoms with Gasteiger partial charge in [-0.15, -0.1) is 0 Å². The molecule has 1 aromatic heterocycles. The van der Waals surface area contributed by atoms with E-state index in [2.05, 4.69) is 4.98 Å². The maximum absolute atomic E-state index is 6.02. The normalized spacial score (nSPS) is 19.9. The second-order valence-electron chi connectivity index (χ2n) is 6.27. The number of hydrogen-bond donors (Lipinski definition) is 1. The van der Waals surface area contributed by atoms with E-state index < -0.39 is 0 Å². The maximum atomic E-state index is 6.02. The van der Waals surface area contributed by atoms with Crippen molar-refractivity contribution in [3.8, 4) is 11.3 Å². The van der Waals surface area contributed by atoms with E-state index in [-0.39, 0.29) is 24.3 Å². The van der Waals surface area contributed by atoms with Crippen molar-refractivity contribution in [2.24, 2.45) is 0 Å². The lowest BCUT2D eigenvalue weighted by Crippen LogP contribution is -2.41. The molecular weight excluding hydrogens is 267 g/mol. The van der Waals surface area contributed by atoms with Crippen LogP contribution < -0.4 is 11.2 Å². The summed E-state index contributed by atoms with van der Waals surface area (Å²) >= 11 is 0. The van der Waals surface area contributed by atoms with Gasteiger partial charge in [-0.05, 0) is 33.2 Å². The molecule has 0 atom stereocenters. The van der Waals surface area contributed by atoms with Crippen molar-refractivity contribution in [2.45, 2.75) is 38.9 Å². The second-order valence-corrected chi connectivity index (χ2v) is 6.27. The third-order valence-corrected chi connectivity index (χ3v) is 4.24. The van der Waals surface area contributed by atoms with Crippen molar-refractivity contribution in [3.63, 3.8) is 0 Å². The van der Waals surface area contributed by atoms with Crippen LogP contribution in [-0.2, 0) is 9.31 Å². The van der Waals surface area contributed by atoms with Crippen LogP contribution in [0.2, 0.25) is 0 Å². The third-order valence-electron chi connectivity index (χ3n) is 4.24. The Morgan fingerprint density at radius 3 is 2.05 bits per heavy atom. The van der Waals surface area contributed by atoms with Gasteiger partial charge in [0.1, 0.15) is 0 Å². The molecule has 0 saturated carbocycles. The van der Waals surface area contributed by atoms with Crippen LogP contribution in [0.1, 0.15) is 27.7 Å². The first kappa shape index (κ1) is 14.2. The summed E-state index contributed by atoms with van der Waals surface area (Å²) in [5.41, 5.74) is 6.71. The minimum Gasteiger partial charge on any atom is -0.424 e. The fourth-order valence-electron chi connectivity index (χ4n) is 2.20. The molecule has 1 fully saturated rings. The molecule has 0 bridgehead atoms. The molecule has 2 heterocycles. The molecule has 1 aromatic carbocycles. The summed E-state index contributed by atoms with van der Waals surface area (Å²) < 4.78 is 17.3. The minimum absolute atomic E-state index is 0.167. The monoisotopic (exact) mass is 286 g/mol. The Kier molecular flexibility index (Phi) is 3.11. The van der Waals surface area contributed by atoms with Gasteiger partial charge in [0.25, 0.3) is 6.01 Å². The molecule has 2 aromatic rings. The number of nitrogens with zero attached hydrogens (tertiary/aromatic N) is 1. The highest BCUT2D eigenvalue weighted by molar-refractivity contribution is 6.62. The highest BCUT2D eigenvalue weighted by atomic mass is 16.7. The molecular formula is C15H19BN2O3. The second kappa shape index (κ2) is 4.61. The van der Waals surface area contributed by atoms with Crippen LogP contribution in [0.5, 0.6) is 0 Å². The molecule has 0 aliphatic carbocycles. The number of oxazole rings is 1. The average molecular weight is 286 g/mol. The van der Waals surface area contributed by atoms with Gasteiger partial charge in [-0.25, -0.2) is 4.98 Å². The Morgan fingerprint density at radius 1 is 1.00 bits per heavy atom. The van der Waals surface area contributed by atoms with E-state index in [0.717, 1.165) is 11.0 Å². The predicted octanol–water partition coefficient (Wildman–Crippen LogP) is 2.22. The molecule has 3 rings (SSSR count). The van der Waals surface area contributed by atoms with E-state index in [1.807, 2.05) is 52.0 Å². The summed E-state index contributed by atoms with van der Waals surface area (Å²) in [6, 6.07) is 7.99. The molecule has 2 N–H and O–H groups in total. The predicted molar refractivity (Wildman–Crippen MR) is 82.1 cm³/mol. The largest absolute Gasteiger partial charge is 0.494 e. The lowest BCUT2D eigenvalue weighted by molar-refractivity contribution is 0.00578. The first-order valence-electron chi connectivity index (χ1n) is 6.96. The Labute approximate surface area is 124 Å². The standard InChI is InChI=1S/C15H19BN2O3/c1-14(2)15(3,4)21-16(20-14)11-7-5-10(6-8-11)12-9-18-13(17)19-12/h5-9H,1-4H3,(H2,17,18). The van der Waals surface area contributed by atoms with Crippen molar-refractivity contribution in [2.75, 3.05) is 5.73 Å². The molecule has 110 valence electrons. The summed E-state index contributed by atoms with van der Waals surface area (Å²) in [7, 11) is -0.358. The highest BCUT2D eigenvalue weighted by Gasteiger charge is 2.51. The van der Waals surface area contributed by atoms with Crippen LogP contribution in [0.25, 0.3) is 11.3 Å². The zero-order valence-corrected chi connectivity index (χ0v) is 12.7. The zero-order chi connectivity index (χ0) is 15.3. The van der Waals surface area contributed by atoms with Gasteiger partial charge in [-0.3, -0.25) is 0 Å². The Morgan fingerprint density at radius 2 is 1.57 bits per heavy atom. The Balaban J connectivity index is 1.83. The van der Waals surface area contributed by atoms with E-state index >= 15 is 0 Å². The molecule has 6 heteroatoms. The van der Waals surface area contributed by atoms with E-state index in [1.165, 1.54) is 0 Å². The van der Waals surface area contributed by atoms with Gasteiger partial charge in [0, 0.05) is 5.56 Å². The van der Waals surface area contributed by atoms with Crippen LogP contribution in [0.3, 0.4) is 0 Å². The number of hydrogen-bond acceptors (Lipinski definition) is 5. The molecule has 21 heavy (non-hydrogen) atoms. The van der Waals surface area contributed by atoms with Crippen molar-refractivity contribution in [1.82, 2.24) is 4.98 Å². The lowest BCUT2D eigenvalue weighted by Gasteiger charge is -2.32. The lowest BCUT2D eigenvalue weighted by atomic mass is 9.79. The molecule has 0 radical (unpaired) electrons. The molecule has 1 aliphatic heterocycles. The van der Waals surface area contributed by atoms with Crippen LogP contribution in [0, 0.1) is 0 Å². The first-order chi connectivity index (χ1) is 9.78. The van der Waals surface area contributed by atoms with Gasteiger partial charge in [-0.2, -0.15) is 0 Å². The van der Waals surface area contributed by atoms with Crippen LogP contribution in [0.15, 0.2) is 34.9 Å². The summed E-state index contributed by atoms with van der Waals surface area (Å²) in [6.07, 6.45) is 1.61. The van der Waals surface area contributed by atoms with Crippen molar-refractivity contribution in [1.29, 1.82) is 0 Å². The molecule has 0 unspecified atom stereocenters. The van der Waals surface area contributed by atoms with Gasteiger partial charge >= 0.3 is 7.12 Å². The quantitative estimate of drug-likeness (QED) is 0.857. The molecule has 0 amide bonds. The van der Waals surface area contributed by atoms with Gasteiger partial charge in [0.2, 0.25) is 0 Å². The van der Waals surface area contributed by atoms with Crippen molar-refractivity contribution >= 4 is 18.6 Å². The summed E-state index contributed by atoms with van der Waals surface area (Å²) in [4.78, 5) is 3.89. The van der Waals surface area contributed by atoms with Gasteiger partial charge < -0.3 is 19.5 Å². The molecule has 1 saturated heterocycles. The Bertz CT molecular complexity index is 633. The zero-order valence-electron chi connectivity index (χ0n) is 12.7. The van der Waals surface area contributed by atoms with E-state index in [4.69, 9.17) is 19.5 Å². The summed E-state index contributed by atoms with van der Waals surface area (Å²) in [5, 5.41) is 0. The van der Waals surface area contributed by atoms with E-state index in [1.54, 1.807) is 6.20 Å². The molecule has 5 nitrogen and oxygen atoms in total. The number of benzene rings is 1. The number of anilines is 1. The van der Waals surface area contributed by atoms with Gasteiger partial charge in [-0.1, -0.05) is 24.3 Å². The number of aromatic nitrogens is 1. The molecule has 0 spiro atoms. The fraction of sp³-hybridized carbons (Fsp3) is 0.400. The first-order valence-corrected chi connectivity index (χ1v) is 6.96. The fourth-order valence-corrected chi connectivity index (χ4v) is 2.20. The molecule has 1 aliphatic rings. The van der Waals surface area contributed by atoms with Crippen molar-refractivity contribution in [3.05, 3.63) is 30.5 Å². The van der Waals surface area contributed by atoms with E-state index in [0.29, 0.717) is 5.76 Å². The van der Waals surface area contributed by atoms with Gasteiger partial charge in [0.05, 0.1) is 17.4 Å². The topological polar surface area (TPSA) is 70.5 Å².